The zero-order valence-electron chi connectivity index (χ0n) is 14.1. The molecule has 0 spiro atoms. The maximum Gasteiger partial charge on any atom is 0.191 e. The Labute approximate surface area is 137 Å². The van der Waals surface area contributed by atoms with E-state index in [4.69, 9.17) is 4.74 Å². The summed E-state index contributed by atoms with van der Waals surface area (Å²) in [5.74, 6) is 1.87. The lowest BCUT2D eigenvalue weighted by atomic mass is 10.3. The van der Waals surface area contributed by atoms with Gasteiger partial charge < -0.3 is 20.4 Å². The van der Waals surface area contributed by atoms with Crippen molar-refractivity contribution in [2.24, 2.45) is 4.99 Å². The summed E-state index contributed by atoms with van der Waals surface area (Å²) in [7, 11) is 0. The van der Waals surface area contributed by atoms with Gasteiger partial charge in [-0.15, -0.1) is 0 Å². The molecule has 23 heavy (non-hydrogen) atoms. The van der Waals surface area contributed by atoms with Crippen molar-refractivity contribution in [1.29, 1.82) is 0 Å². The molecule has 3 N–H and O–H groups in total. The van der Waals surface area contributed by atoms with E-state index in [0.717, 1.165) is 61.9 Å². The van der Waals surface area contributed by atoms with Gasteiger partial charge in [-0.05, 0) is 32.4 Å². The zero-order chi connectivity index (χ0) is 16.3. The van der Waals surface area contributed by atoms with Crippen LogP contribution in [0.3, 0.4) is 0 Å². The number of hydrogen-bond donors (Lipinski definition) is 3. The number of ether oxygens (including phenoxy) is 1. The molecule has 2 aromatic rings. The maximum absolute atomic E-state index is 5.32. The number of aromatic amines is 1. The number of H-pyrrole nitrogens is 1. The SMILES string of the molecule is CCNC(=NCCCc1nc2ccccc2[nH]1)NCCOCC. The second kappa shape index (κ2) is 9.84. The molecule has 0 aliphatic heterocycles. The van der Waals surface area contributed by atoms with Gasteiger partial charge in [-0.2, -0.15) is 0 Å². The van der Waals surface area contributed by atoms with E-state index >= 15 is 0 Å². The number of nitrogens with one attached hydrogen (secondary N) is 3. The predicted molar refractivity (Wildman–Crippen MR) is 94.9 cm³/mol. The molecule has 0 unspecified atom stereocenters. The molecule has 1 heterocycles. The van der Waals surface area contributed by atoms with Gasteiger partial charge in [0.1, 0.15) is 5.82 Å². The summed E-state index contributed by atoms with van der Waals surface area (Å²) in [6.45, 7) is 7.88. The Hall–Kier alpha value is -2.08. The van der Waals surface area contributed by atoms with Crippen molar-refractivity contribution in [3.05, 3.63) is 30.1 Å². The van der Waals surface area contributed by atoms with Crippen LogP contribution in [0.5, 0.6) is 0 Å². The molecule has 0 amide bonds. The lowest BCUT2D eigenvalue weighted by molar-refractivity contribution is 0.152. The Kier molecular flexibility index (Phi) is 7.39. The standard InChI is InChI=1S/C17H27N5O/c1-3-18-17(20-12-13-23-4-2)19-11-7-10-16-21-14-8-5-6-9-15(14)22-16/h5-6,8-9H,3-4,7,10-13H2,1-2H3,(H,21,22)(H2,18,19,20). The average Bonchev–Trinajstić information content (AvgIpc) is 2.98. The van der Waals surface area contributed by atoms with E-state index in [1.807, 2.05) is 25.1 Å². The first-order valence-corrected chi connectivity index (χ1v) is 8.37. The van der Waals surface area contributed by atoms with Crippen LogP contribution >= 0.6 is 0 Å². The highest BCUT2D eigenvalue weighted by atomic mass is 16.5. The van der Waals surface area contributed by atoms with Crippen LogP contribution in [-0.2, 0) is 11.2 Å². The minimum Gasteiger partial charge on any atom is -0.380 e. The highest BCUT2D eigenvalue weighted by Gasteiger charge is 2.02. The molecule has 0 bridgehead atoms. The summed E-state index contributed by atoms with van der Waals surface area (Å²) in [5, 5.41) is 6.51. The molecule has 0 radical (unpaired) electrons. The van der Waals surface area contributed by atoms with Gasteiger partial charge in [-0.1, -0.05) is 12.1 Å². The van der Waals surface area contributed by atoms with Crippen molar-refractivity contribution in [2.75, 3.05) is 32.8 Å². The lowest BCUT2D eigenvalue weighted by Crippen LogP contribution is -2.39. The van der Waals surface area contributed by atoms with Crippen molar-refractivity contribution >= 4 is 17.0 Å². The van der Waals surface area contributed by atoms with Crippen LogP contribution in [-0.4, -0.2) is 48.8 Å². The number of aliphatic imine (C=N–C) groups is 1. The van der Waals surface area contributed by atoms with Crippen LogP contribution in [0.4, 0.5) is 0 Å². The van der Waals surface area contributed by atoms with Gasteiger partial charge in [-0.25, -0.2) is 4.98 Å². The van der Waals surface area contributed by atoms with E-state index in [9.17, 15) is 0 Å². The zero-order valence-corrected chi connectivity index (χ0v) is 14.1. The molecule has 1 aromatic heterocycles. The Bertz CT molecular complexity index is 575. The summed E-state index contributed by atoms with van der Waals surface area (Å²) in [5.41, 5.74) is 2.12. The first kappa shape index (κ1) is 17.3. The van der Waals surface area contributed by atoms with Gasteiger partial charge in [-0.3, -0.25) is 4.99 Å². The Morgan fingerprint density at radius 1 is 1.26 bits per heavy atom. The second-order valence-corrected chi connectivity index (χ2v) is 5.19. The molecule has 6 heteroatoms. The van der Waals surface area contributed by atoms with Crippen LogP contribution in [0.15, 0.2) is 29.3 Å². The second-order valence-electron chi connectivity index (χ2n) is 5.19. The number of hydrogen-bond acceptors (Lipinski definition) is 3. The van der Waals surface area contributed by atoms with E-state index in [2.05, 4.69) is 38.6 Å². The molecular formula is C17H27N5O. The van der Waals surface area contributed by atoms with Crippen LogP contribution in [0.25, 0.3) is 11.0 Å². The molecule has 0 saturated heterocycles. The summed E-state index contributed by atoms with van der Waals surface area (Å²) >= 11 is 0. The molecule has 2 rings (SSSR count). The van der Waals surface area contributed by atoms with E-state index in [-0.39, 0.29) is 0 Å². The average molecular weight is 317 g/mol. The third-order valence-electron chi connectivity index (χ3n) is 3.37. The van der Waals surface area contributed by atoms with Crippen molar-refractivity contribution in [3.8, 4) is 0 Å². The summed E-state index contributed by atoms with van der Waals surface area (Å²) < 4.78 is 5.32. The number of guanidine groups is 1. The molecule has 1 aromatic carbocycles. The smallest absolute Gasteiger partial charge is 0.191 e. The number of benzene rings is 1. The number of rotatable bonds is 9. The van der Waals surface area contributed by atoms with Crippen LogP contribution < -0.4 is 10.6 Å². The van der Waals surface area contributed by atoms with E-state index in [1.54, 1.807) is 0 Å². The maximum atomic E-state index is 5.32. The van der Waals surface area contributed by atoms with Crippen molar-refractivity contribution in [3.63, 3.8) is 0 Å². The number of para-hydroxylation sites is 2. The minimum absolute atomic E-state index is 0.694. The monoisotopic (exact) mass is 317 g/mol. The largest absolute Gasteiger partial charge is 0.380 e. The van der Waals surface area contributed by atoms with Gasteiger partial charge in [0.25, 0.3) is 0 Å². The molecule has 0 aliphatic carbocycles. The molecule has 0 aliphatic rings. The normalized spacial score (nSPS) is 11.8. The number of imidazole rings is 1. The summed E-state index contributed by atoms with van der Waals surface area (Å²) in [6.07, 6.45) is 1.86. The highest BCUT2D eigenvalue weighted by molar-refractivity contribution is 5.79. The van der Waals surface area contributed by atoms with Crippen LogP contribution in [0.1, 0.15) is 26.1 Å². The third kappa shape index (κ3) is 5.90. The number of aryl methyl sites for hydroxylation is 1. The quantitative estimate of drug-likeness (QED) is 0.376. The number of fused-ring (bicyclic) bond motifs is 1. The molecular weight excluding hydrogens is 290 g/mol. The highest BCUT2D eigenvalue weighted by Crippen LogP contribution is 2.11. The minimum atomic E-state index is 0.694. The van der Waals surface area contributed by atoms with Crippen molar-refractivity contribution in [1.82, 2.24) is 20.6 Å². The fourth-order valence-electron chi connectivity index (χ4n) is 2.29. The van der Waals surface area contributed by atoms with E-state index < -0.39 is 0 Å². The van der Waals surface area contributed by atoms with Gasteiger partial charge in [0.05, 0.1) is 17.6 Å². The van der Waals surface area contributed by atoms with Gasteiger partial charge in [0.2, 0.25) is 0 Å². The first-order chi connectivity index (χ1) is 11.3. The van der Waals surface area contributed by atoms with Crippen molar-refractivity contribution < 1.29 is 4.74 Å². The first-order valence-electron chi connectivity index (χ1n) is 8.37. The molecule has 0 atom stereocenters. The van der Waals surface area contributed by atoms with Gasteiger partial charge in [0, 0.05) is 32.7 Å². The Balaban J connectivity index is 1.76. The fourth-order valence-corrected chi connectivity index (χ4v) is 2.29. The van der Waals surface area contributed by atoms with Gasteiger partial charge in [0.15, 0.2) is 5.96 Å². The molecule has 6 nitrogen and oxygen atoms in total. The number of aromatic nitrogens is 2. The summed E-state index contributed by atoms with van der Waals surface area (Å²) in [4.78, 5) is 12.5. The van der Waals surface area contributed by atoms with Gasteiger partial charge >= 0.3 is 0 Å². The number of nitrogens with zero attached hydrogens (tertiary/aromatic N) is 2. The van der Waals surface area contributed by atoms with E-state index in [1.165, 1.54) is 0 Å². The van der Waals surface area contributed by atoms with Crippen LogP contribution in [0.2, 0.25) is 0 Å². The fraction of sp³-hybridized carbons (Fsp3) is 0.529. The van der Waals surface area contributed by atoms with E-state index in [0.29, 0.717) is 6.61 Å². The summed E-state index contributed by atoms with van der Waals surface area (Å²) in [6, 6.07) is 8.10. The molecule has 0 fully saturated rings. The third-order valence-corrected chi connectivity index (χ3v) is 3.37. The van der Waals surface area contributed by atoms with Crippen LogP contribution in [0, 0.1) is 0 Å². The predicted octanol–water partition coefficient (Wildman–Crippen LogP) is 2.09. The topological polar surface area (TPSA) is 74.3 Å². The molecule has 0 saturated carbocycles. The van der Waals surface area contributed by atoms with Crippen molar-refractivity contribution in [2.45, 2.75) is 26.7 Å². The lowest BCUT2D eigenvalue weighted by Gasteiger charge is -2.10. The molecule has 126 valence electrons. The Morgan fingerprint density at radius 3 is 2.91 bits per heavy atom. The Morgan fingerprint density at radius 2 is 2.13 bits per heavy atom.